The quantitative estimate of drug-likeness (QED) is 0.703. The summed E-state index contributed by atoms with van der Waals surface area (Å²) in [5.74, 6) is 0.256. The number of hydrogen-bond donors (Lipinski definition) is 0. The molecule has 0 N–H and O–H groups in total. The van der Waals surface area contributed by atoms with Crippen molar-refractivity contribution in [3.05, 3.63) is 47.3 Å². The third-order valence-electron chi connectivity index (χ3n) is 7.12. The maximum absolute atomic E-state index is 13.0. The molecule has 0 atom stereocenters. The van der Waals surface area contributed by atoms with Crippen LogP contribution < -0.4 is 0 Å². The lowest BCUT2D eigenvalue weighted by Gasteiger charge is -2.43. The van der Waals surface area contributed by atoms with Gasteiger partial charge in [-0.1, -0.05) is 18.6 Å². The maximum atomic E-state index is 13.0. The van der Waals surface area contributed by atoms with Gasteiger partial charge in [-0.05, 0) is 42.5 Å². The number of nitrogens with zero attached hydrogens (tertiary/aromatic N) is 5. The number of aromatic nitrogens is 2. The molecule has 33 heavy (non-hydrogen) atoms. The van der Waals surface area contributed by atoms with Crippen LogP contribution in [0.5, 0.6) is 0 Å². The van der Waals surface area contributed by atoms with Crippen LogP contribution in [-0.4, -0.2) is 75.9 Å². The van der Waals surface area contributed by atoms with E-state index in [1.54, 1.807) is 6.07 Å². The van der Waals surface area contributed by atoms with Crippen LogP contribution in [0.25, 0.3) is 11.4 Å². The van der Waals surface area contributed by atoms with Gasteiger partial charge in [0.2, 0.25) is 5.91 Å². The molecule has 0 bridgehead atoms. The van der Waals surface area contributed by atoms with E-state index in [1.165, 1.54) is 19.3 Å². The Bertz CT molecular complexity index is 1020. The smallest absolute Gasteiger partial charge is 0.339 e. The molecular formula is C24H28F3N5O. The molecule has 0 radical (unpaired) electrons. The molecule has 176 valence electrons. The summed E-state index contributed by atoms with van der Waals surface area (Å²) in [6.45, 7) is 5.36. The lowest BCUT2D eigenvalue weighted by molar-refractivity contribution is -0.141. The van der Waals surface area contributed by atoms with E-state index in [9.17, 15) is 18.0 Å². The van der Waals surface area contributed by atoms with Crippen molar-refractivity contribution in [2.24, 2.45) is 0 Å². The number of carbonyl (C=O) groups is 1. The van der Waals surface area contributed by atoms with Crippen molar-refractivity contribution >= 4 is 5.91 Å². The second-order valence-corrected chi connectivity index (χ2v) is 9.21. The number of fused-ring (bicyclic) bond motifs is 1. The van der Waals surface area contributed by atoms with Gasteiger partial charge >= 0.3 is 6.18 Å². The molecular weight excluding hydrogens is 431 g/mol. The van der Waals surface area contributed by atoms with Gasteiger partial charge in [0.15, 0.2) is 5.82 Å². The zero-order valence-corrected chi connectivity index (χ0v) is 18.5. The minimum Gasteiger partial charge on any atom is -0.339 e. The third kappa shape index (κ3) is 4.89. The fraction of sp³-hybridized carbons (Fsp3) is 0.542. The number of rotatable bonds is 4. The number of amides is 1. The third-order valence-corrected chi connectivity index (χ3v) is 7.12. The Morgan fingerprint density at radius 2 is 1.82 bits per heavy atom. The van der Waals surface area contributed by atoms with E-state index in [0.29, 0.717) is 18.7 Å². The highest BCUT2D eigenvalue weighted by Crippen LogP contribution is 2.30. The number of carbonyl (C=O) groups excluding carboxylic acids is 1. The molecule has 5 rings (SSSR count). The lowest BCUT2D eigenvalue weighted by Crippen LogP contribution is -2.55. The molecule has 9 heteroatoms. The van der Waals surface area contributed by atoms with E-state index in [0.717, 1.165) is 68.6 Å². The van der Waals surface area contributed by atoms with Gasteiger partial charge in [-0.15, -0.1) is 0 Å². The average molecular weight is 460 g/mol. The number of benzene rings is 1. The van der Waals surface area contributed by atoms with E-state index in [-0.39, 0.29) is 11.7 Å². The SMILES string of the molecule is O=C(CN1CCc2cc(-c3nccc(C(F)(F)F)n3)ccc2C1)N1CCN(C2CCC2)CC1. The van der Waals surface area contributed by atoms with Crippen LogP contribution in [0.3, 0.4) is 0 Å². The molecule has 1 aromatic heterocycles. The molecule has 2 fully saturated rings. The van der Waals surface area contributed by atoms with E-state index in [4.69, 9.17) is 0 Å². The fourth-order valence-corrected chi connectivity index (χ4v) is 4.92. The first-order chi connectivity index (χ1) is 15.9. The van der Waals surface area contributed by atoms with Crippen LogP contribution in [0.15, 0.2) is 30.5 Å². The zero-order valence-electron chi connectivity index (χ0n) is 18.5. The predicted octanol–water partition coefficient (Wildman–Crippen LogP) is 3.22. The predicted molar refractivity (Wildman–Crippen MR) is 117 cm³/mol. The van der Waals surface area contributed by atoms with Gasteiger partial charge in [-0.3, -0.25) is 14.6 Å². The topological polar surface area (TPSA) is 52.6 Å². The molecule has 1 amide bonds. The molecule has 2 aromatic rings. The van der Waals surface area contributed by atoms with Crippen LogP contribution in [0.2, 0.25) is 0 Å². The highest BCUT2D eigenvalue weighted by Gasteiger charge is 2.33. The second-order valence-electron chi connectivity index (χ2n) is 9.21. The molecule has 6 nitrogen and oxygen atoms in total. The van der Waals surface area contributed by atoms with E-state index >= 15 is 0 Å². The summed E-state index contributed by atoms with van der Waals surface area (Å²) in [5.41, 5.74) is 1.81. The summed E-state index contributed by atoms with van der Waals surface area (Å²) in [6, 6.07) is 7.17. The highest BCUT2D eigenvalue weighted by atomic mass is 19.4. The first-order valence-electron chi connectivity index (χ1n) is 11.6. The van der Waals surface area contributed by atoms with Crippen molar-refractivity contribution in [1.82, 2.24) is 24.7 Å². The minimum atomic E-state index is -4.50. The summed E-state index contributed by atoms with van der Waals surface area (Å²) in [4.78, 5) is 27.2. The van der Waals surface area contributed by atoms with Gasteiger partial charge in [0, 0.05) is 57.1 Å². The summed E-state index contributed by atoms with van der Waals surface area (Å²) in [7, 11) is 0. The highest BCUT2D eigenvalue weighted by molar-refractivity contribution is 5.78. The first kappa shape index (κ1) is 22.3. The monoisotopic (exact) mass is 459 g/mol. The van der Waals surface area contributed by atoms with Crippen LogP contribution in [-0.2, 0) is 23.9 Å². The molecule has 3 heterocycles. The Morgan fingerprint density at radius 3 is 2.52 bits per heavy atom. The van der Waals surface area contributed by atoms with Crippen molar-refractivity contribution in [3.63, 3.8) is 0 Å². The molecule has 0 unspecified atom stereocenters. The average Bonchev–Trinajstić information content (AvgIpc) is 2.77. The van der Waals surface area contributed by atoms with Crippen molar-refractivity contribution in [3.8, 4) is 11.4 Å². The molecule has 0 spiro atoms. The van der Waals surface area contributed by atoms with Gasteiger partial charge in [0.05, 0.1) is 6.54 Å². The fourth-order valence-electron chi connectivity index (χ4n) is 4.92. The number of piperazine rings is 1. The van der Waals surface area contributed by atoms with Crippen LogP contribution in [0.4, 0.5) is 13.2 Å². The first-order valence-corrected chi connectivity index (χ1v) is 11.6. The Balaban J connectivity index is 1.19. The Morgan fingerprint density at radius 1 is 1.03 bits per heavy atom. The van der Waals surface area contributed by atoms with Crippen molar-refractivity contribution < 1.29 is 18.0 Å². The summed E-state index contributed by atoms with van der Waals surface area (Å²) < 4.78 is 38.9. The molecule has 1 aromatic carbocycles. The maximum Gasteiger partial charge on any atom is 0.433 e. The van der Waals surface area contributed by atoms with Crippen LogP contribution >= 0.6 is 0 Å². The minimum absolute atomic E-state index is 0.0753. The van der Waals surface area contributed by atoms with Gasteiger partial charge in [-0.25, -0.2) is 9.97 Å². The number of hydrogen-bond acceptors (Lipinski definition) is 5. The normalized spacial score (nSPS) is 20.4. The molecule has 3 aliphatic rings. The lowest BCUT2D eigenvalue weighted by atomic mass is 9.91. The van der Waals surface area contributed by atoms with Crippen molar-refractivity contribution in [2.75, 3.05) is 39.3 Å². The van der Waals surface area contributed by atoms with Crippen LogP contribution in [0, 0.1) is 0 Å². The van der Waals surface area contributed by atoms with Gasteiger partial charge in [-0.2, -0.15) is 13.2 Å². The second kappa shape index (κ2) is 9.02. The Hall–Kier alpha value is -2.52. The van der Waals surface area contributed by atoms with Crippen molar-refractivity contribution in [1.29, 1.82) is 0 Å². The van der Waals surface area contributed by atoms with Crippen LogP contribution in [0.1, 0.15) is 36.1 Å². The standard InChI is InChI=1S/C24H28F3N5O/c25-24(26,27)21-6-8-28-23(29-21)18-4-5-19-15-30(9-7-17(19)14-18)16-22(33)32-12-10-31(11-13-32)20-2-1-3-20/h4-6,8,14,20H,1-3,7,9-13,15-16H2. The van der Waals surface area contributed by atoms with Gasteiger partial charge < -0.3 is 4.90 Å². The van der Waals surface area contributed by atoms with E-state index < -0.39 is 11.9 Å². The molecule has 1 aliphatic carbocycles. The molecule has 2 aliphatic heterocycles. The largest absolute Gasteiger partial charge is 0.433 e. The number of alkyl halides is 3. The molecule has 1 saturated heterocycles. The Labute approximate surface area is 191 Å². The van der Waals surface area contributed by atoms with E-state index in [2.05, 4.69) is 19.8 Å². The summed E-state index contributed by atoms with van der Waals surface area (Å²) >= 11 is 0. The zero-order chi connectivity index (χ0) is 23.0. The Kier molecular flexibility index (Phi) is 6.09. The van der Waals surface area contributed by atoms with Gasteiger partial charge in [0.25, 0.3) is 0 Å². The summed E-state index contributed by atoms with van der Waals surface area (Å²) in [5, 5.41) is 0. The number of halogens is 3. The molecule has 1 saturated carbocycles. The van der Waals surface area contributed by atoms with Gasteiger partial charge in [0.1, 0.15) is 5.69 Å². The van der Waals surface area contributed by atoms with E-state index in [1.807, 2.05) is 17.0 Å². The van der Waals surface area contributed by atoms with Crippen molar-refractivity contribution in [2.45, 2.75) is 44.4 Å². The summed E-state index contributed by atoms with van der Waals surface area (Å²) in [6.07, 6.45) is 1.30.